The van der Waals surface area contributed by atoms with Crippen molar-refractivity contribution in [1.82, 2.24) is 4.98 Å². The van der Waals surface area contributed by atoms with Crippen molar-refractivity contribution in [3.63, 3.8) is 0 Å². The predicted octanol–water partition coefficient (Wildman–Crippen LogP) is 0.819. The minimum Gasteiger partial charge on any atom is -0.475 e. The van der Waals surface area contributed by atoms with Gasteiger partial charge >= 0.3 is 5.97 Å². The van der Waals surface area contributed by atoms with Crippen LogP contribution in [0.4, 0.5) is 0 Å². The van der Waals surface area contributed by atoms with E-state index in [0.29, 0.717) is 0 Å². The number of fused-ring (bicyclic) bond motifs is 1. The molecule has 5 heteroatoms. The van der Waals surface area contributed by atoms with E-state index in [4.69, 9.17) is 9.52 Å². The van der Waals surface area contributed by atoms with Gasteiger partial charge in [-0.05, 0) is 6.07 Å². The van der Waals surface area contributed by atoms with Crippen LogP contribution in [0.1, 0.15) is 10.6 Å². The van der Waals surface area contributed by atoms with Crippen molar-refractivity contribution >= 4 is 16.9 Å². The van der Waals surface area contributed by atoms with Gasteiger partial charge in [-0.25, -0.2) is 4.79 Å². The molecule has 2 rings (SSSR count). The lowest BCUT2D eigenvalue weighted by molar-refractivity contribution is 0.0665. The minimum absolute atomic E-state index is 0.230. The molecule has 0 aliphatic heterocycles. The van der Waals surface area contributed by atoms with Crippen molar-refractivity contribution in [3.8, 4) is 0 Å². The third kappa shape index (κ3) is 1.10. The fourth-order valence-electron chi connectivity index (χ4n) is 1.08. The summed E-state index contributed by atoms with van der Waals surface area (Å²) in [7, 11) is 0. The molecule has 0 aliphatic carbocycles. The van der Waals surface area contributed by atoms with Crippen LogP contribution in [0.25, 0.3) is 11.0 Å². The average Bonchev–Trinajstić information content (AvgIpc) is 2.49. The molecule has 2 aromatic heterocycles. The summed E-state index contributed by atoms with van der Waals surface area (Å²) in [6.07, 6.45) is 1.40. The molecule has 66 valence electrons. The summed E-state index contributed by atoms with van der Waals surface area (Å²) >= 11 is 0. The number of carboxylic acid groups (broad SMARTS) is 1. The lowest BCUT2D eigenvalue weighted by Crippen LogP contribution is -2.02. The Hall–Kier alpha value is -2.04. The van der Waals surface area contributed by atoms with E-state index in [1.54, 1.807) is 0 Å². The largest absolute Gasteiger partial charge is 0.475 e. The molecule has 2 heterocycles. The second-order valence-electron chi connectivity index (χ2n) is 2.50. The zero-order chi connectivity index (χ0) is 9.42. The van der Waals surface area contributed by atoms with E-state index in [2.05, 4.69) is 4.98 Å². The maximum atomic E-state index is 11.1. The molecular weight excluding hydrogens is 174 g/mol. The summed E-state index contributed by atoms with van der Waals surface area (Å²) in [6.45, 7) is 0. The van der Waals surface area contributed by atoms with Gasteiger partial charge in [0.15, 0.2) is 0 Å². The smallest absolute Gasteiger partial charge is 0.371 e. The number of rotatable bonds is 1. The highest BCUT2D eigenvalue weighted by Gasteiger charge is 2.11. The first-order chi connectivity index (χ1) is 6.18. The van der Waals surface area contributed by atoms with Gasteiger partial charge in [-0.15, -0.1) is 0 Å². The molecule has 0 atom stereocenters. The van der Waals surface area contributed by atoms with Crippen LogP contribution in [0, 0.1) is 0 Å². The van der Waals surface area contributed by atoms with Gasteiger partial charge in [0.1, 0.15) is 5.58 Å². The van der Waals surface area contributed by atoms with E-state index in [0.717, 1.165) is 0 Å². The first kappa shape index (κ1) is 7.60. The second-order valence-corrected chi connectivity index (χ2v) is 2.50. The third-order valence-corrected chi connectivity index (χ3v) is 1.67. The Bertz CT molecular complexity index is 522. The van der Waals surface area contributed by atoms with E-state index in [1.807, 2.05) is 0 Å². The summed E-state index contributed by atoms with van der Waals surface area (Å²) in [5.74, 6) is -1.41. The van der Waals surface area contributed by atoms with Gasteiger partial charge in [0.25, 0.3) is 5.56 Å². The molecule has 0 spiro atoms. The van der Waals surface area contributed by atoms with E-state index in [-0.39, 0.29) is 22.3 Å². The fraction of sp³-hybridized carbons (Fsp3) is 0. The maximum absolute atomic E-state index is 11.1. The van der Waals surface area contributed by atoms with Gasteiger partial charge in [-0.2, -0.15) is 0 Å². The molecule has 0 bridgehead atoms. The normalized spacial score (nSPS) is 10.5. The van der Waals surface area contributed by atoms with Crippen molar-refractivity contribution < 1.29 is 14.3 Å². The van der Waals surface area contributed by atoms with Crippen molar-refractivity contribution in [3.05, 3.63) is 34.4 Å². The molecule has 0 saturated carbocycles. The lowest BCUT2D eigenvalue weighted by atomic mass is 10.3. The van der Waals surface area contributed by atoms with E-state index in [1.165, 1.54) is 18.3 Å². The Morgan fingerprint density at radius 1 is 1.54 bits per heavy atom. The fourth-order valence-corrected chi connectivity index (χ4v) is 1.08. The minimum atomic E-state index is -1.18. The van der Waals surface area contributed by atoms with E-state index >= 15 is 0 Å². The predicted molar refractivity (Wildman–Crippen MR) is 43.8 cm³/mol. The second kappa shape index (κ2) is 2.48. The molecule has 0 aromatic carbocycles. The number of carbonyl (C=O) groups is 1. The highest BCUT2D eigenvalue weighted by atomic mass is 16.4. The number of furan rings is 1. The number of pyridine rings is 1. The number of nitrogens with one attached hydrogen (secondary N) is 1. The van der Waals surface area contributed by atoms with Gasteiger partial charge in [0, 0.05) is 12.3 Å². The Kier molecular flexibility index (Phi) is 1.45. The summed E-state index contributed by atoms with van der Waals surface area (Å²) in [5.41, 5.74) is -0.0742. The summed E-state index contributed by atoms with van der Waals surface area (Å²) in [5, 5.41) is 8.82. The number of hydrogen-bond donors (Lipinski definition) is 2. The van der Waals surface area contributed by atoms with Crippen LogP contribution in [0.15, 0.2) is 27.5 Å². The Morgan fingerprint density at radius 3 is 2.92 bits per heavy atom. The topological polar surface area (TPSA) is 83.3 Å². The molecule has 2 N–H and O–H groups in total. The zero-order valence-electron chi connectivity index (χ0n) is 6.40. The first-order valence-electron chi connectivity index (χ1n) is 3.53. The summed E-state index contributed by atoms with van der Waals surface area (Å²) in [6, 6.07) is 2.71. The number of aromatic amines is 1. The highest BCUT2D eigenvalue weighted by molar-refractivity contribution is 5.90. The molecule has 2 aromatic rings. The molecule has 13 heavy (non-hydrogen) atoms. The monoisotopic (exact) mass is 179 g/mol. The third-order valence-electron chi connectivity index (χ3n) is 1.67. The number of aromatic carboxylic acids is 1. The number of H-pyrrole nitrogens is 1. The van der Waals surface area contributed by atoms with Crippen LogP contribution >= 0.6 is 0 Å². The van der Waals surface area contributed by atoms with Crippen LogP contribution < -0.4 is 5.56 Å². The Labute approximate surface area is 71.6 Å². The number of hydrogen-bond acceptors (Lipinski definition) is 3. The molecule has 5 nitrogen and oxygen atoms in total. The molecule has 0 radical (unpaired) electrons. The summed E-state index contributed by atoms with van der Waals surface area (Å²) < 4.78 is 4.89. The van der Waals surface area contributed by atoms with Gasteiger partial charge in [0.05, 0.1) is 5.39 Å². The zero-order valence-corrected chi connectivity index (χ0v) is 6.40. The first-order valence-corrected chi connectivity index (χ1v) is 3.53. The van der Waals surface area contributed by atoms with Crippen LogP contribution in [-0.2, 0) is 0 Å². The van der Waals surface area contributed by atoms with Crippen molar-refractivity contribution in [2.75, 3.05) is 0 Å². The quantitative estimate of drug-likeness (QED) is 0.678. The molecular formula is C8H5NO4. The standard InChI is InChI=1S/C8H5NO4/c10-7-4-3-6(8(11)12)13-5(4)1-2-9-7/h1-3H,(H,9,10)(H,11,12). The van der Waals surface area contributed by atoms with Crippen molar-refractivity contribution in [1.29, 1.82) is 0 Å². The van der Waals surface area contributed by atoms with Crippen LogP contribution in [0.2, 0.25) is 0 Å². The maximum Gasteiger partial charge on any atom is 0.371 e. The van der Waals surface area contributed by atoms with Crippen molar-refractivity contribution in [2.45, 2.75) is 0 Å². The summed E-state index contributed by atoms with van der Waals surface area (Å²) in [4.78, 5) is 24.0. The van der Waals surface area contributed by atoms with Gasteiger partial charge in [-0.1, -0.05) is 0 Å². The van der Waals surface area contributed by atoms with Crippen LogP contribution in [0.3, 0.4) is 0 Å². The number of carboxylic acids is 1. The van der Waals surface area contributed by atoms with Crippen LogP contribution in [-0.4, -0.2) is 16.1 Å². The Morgan fingerprint density at radius 2 is 2.31 bits per heavy atom. The lowest BCUT2D eigenvalue weighted by Gasteiger charge is -1.83. The molecule has 0 unspecified atom stereocenters. The Balaban J connectivity index is 2.83. The molecule has 0 aliphatic rings. The molecule has 0 amide bonds. The highest BCUT2D eigenvalue weighted by Crippen LogP contribution is 2.14. The van der Waals surface area contributed by atoms with Gasteiger partial charge < -0.3 is 14.5 Å². The van der Waals surface area contributed by atoms with Crippen molar-refractivity contribution in [2.24, 2.45) is 0 Å². The number of aromatic nitrogens is 1. The molecule has 0 fully saturated rings. The average molecular weight is 179 g/mol. The van der Waals surface area contributed by atoms with E-state index in [9.17, 15) is 9.59 Å². The molecule has 0 saturated heterocycles. The van der Waals surface area contributed by atoms with Gasteiger partial charge in [0.2, 0.25) is 5.76 Å². The van der Waals surface area contributed by atoms with Gasteiger partial charge in [-0.3, -0.25) is 4.79 Å². The van der Waals surface area contributed by atoms with Crippen LogP contribution in [0.5, 0.6) is 0 Å². The van der Waals surface area contributed by atoms with E-state index < -0.39 is 5.97 Å². The SMILES string of the molecule is O=C(O)c1cc2c(=O)[nH]ccc2o1.